The number of aromatic nitrogens is 5. The predicted octanol–water partition coefficient (Wildman–Crippen LogP) is 6.19. The van der Waals surface area contributed by atoms with Crippen LogP contribution in [0.5, 0.6) is 0 Å². The lowest BCUT2D eigenvalue weighted by molar-refractivity contribution is 0.705. The summed E-state index contributed by atoms with van der Waals surface area (Å²) in [5, 5.41) is 14.1. The largest absolute Gasteiger partial charge is 0.383 e. The van der Waals surface area contributed by atoms with Gasteiger partial charge in [0, 0.05) is 17.7 Å². The number of anilines is 3. The average molecular weight is 466 g/mol. The maximum Gasteiger partial charge on any atom is 0.151 e. The molecule has 168 valence electrons. The molecule has 8 heteroatoms. The molecule has 6 rings (SSSR count). The lowest BCUT2D eigenvalue weighted by atomic mass is 10.1. The molecule has 1 saturated carbocycles. The number of hydrogen-bond donors (Lipinski definition) is 2. The van der Waals surface area contributed by atoms with Crippen LogP contribution in [0.1, 0.15) is 36.6 Å². The van der Waals surface area contributed by atoms with E-state index in [4.69, 9.17) is 5.73 Å². The molecular formula is C26H23N7S. The van der Waals surface area contributed by atoms with Gasteiger partial charge in [0.25, 0.3) is 0 Å². The molecule has 1 aliphatic rings. The van der Waals surface area contributed by atoms with Crippen molar-refractivity contribution in [3.63, 3.8) is 0 Å². The summed E-state index contributed by atoms with van der Waals surface area (Å²) >= 11 is 1.62. The second kappa shape index (κ2) is 8.79. The van der Waals surface area contributed by atoms with Gasteiger partial charge in [-0.1, -0.05) is 54.5 Å². The van der Waals surface area contributed by atoms with E-state index in [0.29, 0.717) is 11.7 Å². The SMILES string of the molecule is Nc1nc2cc(Nc3cncc(-c4ccccc4)c3)cnc2cc1-c1nnc(C2CCCC2)s1. The third kappa shape index (κ3) is 4.08. The second-order valence-corrected chi connectivity index (χ2v) is 9.57. The maximum absolute atomic E-state index is 6.34. The summed E-state index contributed by atoms with van der Waals surface area (Å²) < 4.78 is 0. The standard InChI is InChI=1S/C26H23N7S/c27-24-21(26-33-32-25(34-26)17-8-4-5-9-17)12-22-23(31-24)11-20(15-29-22)30-19-10-18(13-28-14-19)16-6-2-1-3-7-16/h1-3,6-7,10-15,17,30H,4-5,8-9H2,(H2,27,31). The number of nitrogens with two attached hydrogens (primary N) is 1. The fourth-order valence-electron chi connectivity index (χ4n) is 4.45. The summed E-state index contributed by atoms with van der Waals surface area (Å²) in [7, 11) is 0. The molecule has 0 bridgehead atoms. The minimum absolute atomic E-state index is 0.438. The Kier molecular flexibility index (Phi) is 5.35. The second-order valence-electron chi connectivity index (χ2n) is 8.56. The zero-order valence-corrected chi connectivity index (χ0v) is 19.3. The van der Waals surface area contributed by atoms with Crippen LogP contribution in [-0.2, 0) is 0 Å². The van der Waals surface area contributed by atoms with Crippen LogP contribution in [0.3, 0.4) is 0 Å². The molecular weight excluding hydrogens is 442 g/mol. The number of benzene rings is 1. The van der Waals surface area contributed by atoms with E-state index in [1.807, 2.05) is 36.5 Å². The summed E-state index contributed by atoms with van der Waals surface area (Å²) in [6.45, 7) is 0. The third-order valence-corrected chi connectivity index (χ3v) is 7.32. The molecule has 34 heavy (non-hydrogen) atoms. The van der Waals surface area contributed by atoms with Crippen LogP contribution in [-0.4, -0.2) is 25.1 Å². The van der Waals surface area contributed by atoms with Crippen LogP contribution in [0.2, 0.25) is 0 Å². The normalized spacial score (nSPS) is 14.0. The molecule has 1 aromatic carbocycles. The van der Waals surface area contributed by atoms with Crippen molar-refractivity contribution in [2.24, 2.45) is 0 Å². The lowest BCUT2D eigenvalue weighted by Crippen LogP contribution is -1.98. The number of fused-ring (bicyclic) bond motifs is 1. The molecule has 3 N–H and O–H groups in total. The first kappa shape index (κ1) is 20.7. The van der Waals surface area contributed by atoms with Crippen molar-refractivity contribution in [1.82, 2.24) is 25.1 Å². The lowest BCUT2D eigenvalue weighted by Gasteiger charge is -2.10. The summed E-state index contributed by atoms with van der Waals surface area (Å²) in [4.78, 5) is 13.6. The van der Waals surface area contributed by atoms with Gasteiger partial charge >= 0.3 is 0 Å². The highest BCUT2D eigenvalue weighted by Gasteiger charge is 2.22. The van der Waals surface area contributed by atoms with Crippen molar-refractivity contribution in [2.45, 2.75) is 31.6 Å². The van der Waals surface area contributed by atoms with Gasteiger partial charge in [-0.3, -0.25) is 9.97 Å². The molecule has 0 unspecified atom stereocenters. The Bertz CT molecular complexity index is 1460. The third-order valence-electron chi connectivity index (χ3n) is 6.20. The summed E-state index contributed by atoms with van der Waals surface area (Å²) in [5.74, 6) is 0.968. The van der Waals surface area contributed by atoms with Gasteiger partial charge in [0.15, 0.2) is 5.01 Å². The minimum atomic E-state index is 0.438. The van der Waals surface area contributed by atoms with Crippen LogP contribution in [0.4, 0.5) is 17.2 Å². The average Bonchev–Trinajstić information content (AvgIpc) is 3.57. The quantitative estimate of drug-likeness (QED) is 0.319. The van der Waals surface area contributed by atoms with Crippen LogP contribution < -0.4 is 11.1 Å². The molecule has 0 amide bonds. The van der Waals surface area contributed by atoms with Gasteiger partial charge in [0.05, 0.1) is 40.4 Å². The number of nitrogens with one attached hydrogen (secondary N) is 1. The number of nitrogens with zero attached hydrogens (tertiary/aromatic N) is 5. The van der Waals surface area contributed by atoms with Crippen LogP contribution in [0.25, 0.3) is 32.7 Å². The van der Waals surface area contributed by atoms with E-state index in [9.17, 15) is 0 Å². The zero-order chi connectivity index (χ0) is 22.9. The highest BCUT2D eigenvalue weighted by Crippen LogP contribution is 2.39. The van der Waals surface area contributed by atoms with E-state index in [2.05, 4.69) is 48.7 Å². The van der Waals surface area contributed by atoms with Gasteiger partial charge in [-0.05, 0) is 36.6 Å². The van der Waals surface area contributed by atoms with Gasteiger partial charge < -0.3 is 11.1 Å². The first-order valence-corrected chi connectivity index (χ1v) is 12.2. The molecule has 0 atom stereocenters. The Morgan fingerprint density at radius 2 is 1.68 bits per heavy atom. The Hall–Kier alpha value is -3.91. The van der Waals surface area contributed by atoms with Crippen LogP contribution in [0.15, 0.2) is 67.1 Å². The molecule has 5 aromatic rings. The number of rotatable bonds is 5. The van der Waals surface area contributed by atoms with Crippen LogP contribution in [0, 0.1) is 0 Å². The Morgan fingerprint density at radius 3 is 2.53 bits per heavy atom. The molecule has 1 fully saturated rings. The predicted molar refractivity (Wildman–Crippen MR) is 137 cm³/mol. The number of nitrogen functional groups attached to an aromatic ring is 1. The summed E-state index contributed by atoms with van der Waals surface area (Å²) in [5.41, 5.74) is 12.5. The fourth-order valence-corrected chi connectivity index (χ4v) is 5.49. The van der Waals surface area contributed by atoms with Crippen molar-refractivity contribution < 1.29 is 0 Å². The molecule has 0 aliphatic heterocycles. The van der Waals surface area contributed by atoms with E-state index in [1.165, 1.54) is 25.7 Å². The topological polar surface area (TPSA) is 102 Å². The maximum atomic E-state index is 6.34. The molecule has 0 saturated heterocycles. The highest BCUT2D eigenvalue weighted by molar-refractivity contribution is 7.14. The molecule has 0 radical (unpaired) electrons. The van der Waals surface area contributed by atoms with E-state index in [0.717, 1.165) is 49.1 Å². The van der Waals surface area contributed by atoms with E-state index >= 15 is 0 Å². The van der Waals surface area contributed by atoms with Crippen molar-refractivity contribution in [1.29, 1.82) is 0 Å². The van der Waals surface area contributed by atoms with Crippen molar-refractivity contribution in [2.75, 3.05) is 11.1 Å². The monoisotopic (exact) mass is 465 g/mol. The van der Waals surface area contributed by atoms with Gasteiger partial charge in [-0.15, -0.1) is 10.2 Å². The number of hydrogen-bond acceptors (Lipinski definition) is 8. The molecule has 4 heterocycles. The van der Waals surface area contributed by atoms with Gasteiger partial charge in [0.1, 0.15) is 10.8 Å². The Balaban J connectivity index is 1.27. The molecule has 7 nitrogen and oxygen atoms in total. The smallest absolute Gasteiger partial charge is 0.151 e. The first-order valence-electron chi connectivity index (χ1n) is 11.4. The van der Waals surface area contributed by atoms with Gasteiger partial charge in [0.2, 0.25) is 0 Å². The van der Waals surface area contributed by atoms with Crippen molar-refractivity contribution in [3.05, 3.63) is 72.1 Å². The fraction of sp³-hybridized carbons (Fsp3) is 0.192. The molecule has 0 spiro atoms. The van der Waals surface area contributed by atoms with Gasteiger partial charge in [-0.2, -0.15) is 0 Å². The van der Waals surface area contributed by atoms with E-state index < -0.39 is 0 Å². The highest BCUT2D eigenvalue weighted by atomic mass is 32.1. The molecule has 1 aliphatic carbocycles. The first-order chi connectivity index (χ1) is 16.7. The molecule has 4 aromatic heterocycles. The number of pyridine rings is 3. The summed E-state index contributed by atoms with van der Waals surface area (Å²) in [6, 6.07) is 16.1. The zero-order valence-electron chi connectivity index (χ0n) is 18.5. The van der Waals surface area contributed by atoms with E-state index in [1.54, 1.807) is 23.7 Å². The van der Waals surface area contributed by atoms with Gasteiger partial charge in [-0.25, -0.2) is 4.98 Å². The Morgan fingerprint density at radius 1 is 0.853 bits per heavy atom. The van der Waals surface area contributed by atoms with Crippen LogP contribution >= 0.6 is 11.3 Å². The van der Waals surface area contributed by atoms with Crippen molar-refractivity contribution in [3.8, 4) is 21.7 Å². The van der Waals surface area contributed by atoms with Crippen molar-refractivity contribution >= 4 is 39.6 Å². The minimum Gasteiger partial charge on any atom is -0.383 e. The Labute approximate surface area is 201 Å². The summed E-state index contributed by atoms with van der Waals surface area (Å²) in [6.07, 6.45) is 10.4. The van der Waals surface area contributed by atoms with E-state index in [-0.39, 0.29) is 0 Å².